The van der Waals surface area contributed by atoms with E-state index in [4.69, 9.17) is 4.74 Å². The van der Waals surface area contributed by atoms with E-state index in [2.05, 4.69) is 4.57 Å². The van der Waals surface area contributed by atoms with Crippen LogP contribution < -0.4 is 0 Å². The van der Waals surface area contributed by atoms with Gasteiger partial charge in [-0.1, -0.05) is 18.2 Å². The predicted molar refractivity (Wildman–Crippen MR) is 56.9 cm³/mol. The molecule has 76 valence electrons. The van der Waals surface area contributed by atoms with Crippen molar-refractivity contribution in [3.63, 3.8) is 0 Å². The van der Waals surface area contributed by atoms with E-state index < -0.39 is 0 Å². The van der Waals surface area contributed by atoms with Crippen molar-refractivity contribution in [2.75, 3.05) is 6.61 Å². The molecule has 1 aliphatic heterocycles. The van der Waals surface area contributed by atoms with Gasteiger partial charge >= 0.3 is 5.97 Å². The number of para-hydroxylation sites is 1. The van der Waals surface area contributed by atoms with Crippen molar-refractivity contribution in [1.82, 2.24) is 4.57 Å². The number of hydrogen-bond donors (Lipinski definition) is 0. The molecule has 15 heavy (non-hydrogen) atoms. The SMILES string of the molecule is Cn1c2c(c3ccccc31)C(=O)OCC2. The second-order valence-corrected chi connectivity index (χ2v) is 3.78. The van der Waals surface area contributed by atoms with Crippen molar-refractivity contribution in [2.45, 2.75) is 6.42 Å². The zero-order valence-electron chi connectivity index (χ0n) is 8.49. The summed E-state index contributed by atoms with van der Waals surface area (Å²) in [5.41, 5.74) is 2.94. The maximum Gasteiger partial charge on any atom is 0.340 e. The van der Waals surface area contributed by atoms with Crippen LogP contribution in [-0.2, 0) is 18.2 Å². The Morgan fingerprint density at radius 3 is 3.00 bits per heavy atom. The van der Waals surface area contributed by atoms with Gasteiger partial charge in [0.1, 0.15) is 0 Å². The molecule has 0 bridgehead atoms. The number of cyclic esters (lactones) is 1. The van der Waals surface area contributed by atoms with Crippen LogP contribution in [0.5, 0.6) is 0 Å². The molecule has 0 saturated heterocycles. The zero-order valence-corrected chi connectivity index (χ0v) is 8.49. The summed E-state index contributed by atoms with van der Waals surface area (Å²) in [6.07, 6.45) is 0.812. The Balaban J connectivity index is 2.46. The number of aryl methyl sites for hydroxylation is 1. The van der Waals surface area contributed by atoms with Crippen molar-refractivity contribution < 1.29 is 9.53 Å². The summed E-state index contributed by atoms with van der Waals surface area (Å²) in [6.45, 7) is 0.496. The van der Waals surface area contributed by atoms with E-state index in [0.717, 1.165) is 28.6 Å². The van der Waals surface area contributed by atoms with Gasteiger partial charge in [-0.2, -0.15) is 0 Å². The van der Waals surface area contributed by atoms with Crippen LogP contribution in [-0.4, -0.2) is 17.1 Å². The van der Waals surface area contributed by atoms with E-state index in [0.29, 0.717) is 6.61 Å². The van der Waals surface area contributed by atoms with Crippen LogP contribution in [0.25, 0.3) is 10.9 Å². The first-order chi connectivity index (χ1) is 7.29. The van der Waals surface area contributed by atoms with Crippen molar-refractivity contribution in [2.24, 2.45) is 7.05 Å². The van der Waals surface area contributed by atoms with Crippen molar-refractivity contribution >= 4 is 16.9 Å². The van der Waals surface area contributed by atoms with Gasteiger partial charge in [-0.3, -0.25) is 0 Å². The minimum absolute atomic E-state index is 0.187. The molecule has 1 aliphatic rings. The number of aromatic nitrogens is 1. The molecule has 0 N–H and O–H groups in total. The average molecular weight is 201 g/mol. The fraction of sp³-hybridized carbons (Fsp3) is 0.250. The van der Waals surface area contributed by atoms with Gasteiger partial charge in [0.25, 0.3) is 0 Å². The summed E-state index contributed by atoms with van der Waals surface area (Å²) in [5, 5.41) is 1.000. The second kappa shape index (κ2) is 2.86. The highest BCUT2D eigenvalue weighted by Crippen LogP contribution is 2.28. The van der Waals surface area contributed by atoms with E-state index in [-0.39, 0.29) is 5.97 Å². The Morgan fingerprint density at radius 2 is 2.13 bits per heavy atom. The third kappa shape index (κ3) is 1.03. The summed E-state index contributed by atoms with van der Waals surface area (Å²) in [6, 6.07) is 7.94. The molecule has 2 heterocycles. The third-order valence-corrected chi connectivity index (χ3v) is 3.00. The Hall–Kier alpha value is -1.77. The molecule has 2 aromatic rings. The zero-order chi connectivity index (χ0) is 10.4. The van der Waals surface area contributed by atoms with Gasteiger partial charge in [-0.15, -0.1) is 0 Å². The standard InChI is InChI=1S/C12H11NO2/c1-13-9-5-3-2-4-8(9)11-10(13)6-7-15-12(11)14/h2-5H,6-7H2,1H3. The summed E-state index contributed by atoms with van der Waals surface area (Å²) < 4.78 is 7.16. The lowest BCUT2D eigenvalue weighted by Gasteiger charge is -2.13. The number of nitrogens with zero attached hydrogens (tertiary/aromatic N) is 1. The fourth-order valence-corrected chi connectivity index (χ4v) is 2.28. The molecule has 0 saturated carbocycles. The van der Waals surface area contributed by atoms with Gasteiger partial charge in [-0.05, 0) is 6.07 Å². The molecular formula is C12H11NO2. The Morgan fingerprint density at radius 1 is 1.33 bits per heavy atom. The average Bonchev–Trinajstić information content (AvgIpc) is 2.55. The Bertz CT molecular complexity index is 554. The monoisotopic (exact) mass is 201 g/mol. The van der Waals surface area contributed by atoms with Crippen LogP contribution in [0.4, 0.5) is 0 Å². The summed E-state index contributed by atoms with van der Waals surface area (Å²) >= 11 is 0. The molecule has 3 nitrogen and oxygen atoms in total. The highest BCUT2D eigenvalue weighted by molar-refractivity contribution is 6.06. The molecule has 0 amide bonds. The van der Waals surface area contributed by atoms with Gasteiger partial charge < -0.3 is 9.30 Å². The number of ether oxygens (including phenoxy) is 1. The lowest BCUT2D eigenvalue weighted by atomic mass is 10.1. The maximum atomic E-state index is 11.7. The molecule has 0 radical (unpaired) electrons. The fourth-order valence-electron chi connectivity index (χ4n) is 2.28. The molecule has 3 heteroatoms. The predicted octanol–water partition coefficient (Wildman–Crippen LogP) is 1.89. The van der Waals surface area contributed by atoms with Crippen LogP contribution >= 0.6 is 0 Å². The lowest BCUT2D eigenvalue weighted by Crippen LogP contribution is -2.18. The molecular weight excluding hydrogens is 190 g/mol. The van der Waals surface area contributed by atoms with Crippen LogP contribution in [0, 0.1) is 0 Å². The molecule has 0 fully saturated rings. The smallest absolute Gasteiger partial charge is 0.340 e. The van der Waals surface area contributed by atoms with Gasteiger partial charge in [-0.25, -0.2) is 4.79 Å². The summed E-state index contributed by atoms with van der Waals surface area (Å²) in [4.78, 5) is 11.7. The van der Waals surface area contributed by atoms with Gasteiger partial charge in [0.05, 0.1) is 12.2 Å². The number of rotatable bonds is 0. The normalized spacial score (nSPS) is 15.1. The first-order valence-corrected chi connectivity index (χ1v) is 5.02. The number of benzene rings is 1. The Labute approximate surface area is 87.3 Å². The molecule has 0 unspecified atom stereocenters. The first kappa shape index (κ1) is 8.53. The van der Waals surface area contributed by atoms with Crippen molar-refractivity contribution in [3.05, 3.63) is 35.5 Å². The molecule has 0 aliphatic carbocycles. The molecule has 0 spiro atoms. The maximum absolute atomic E-state index is 11.7. The number of fused-ring (bicyclic) bond motifs is 3. The van der Waals surface area contributed by atoms with E-state index in [9.17, 15) is 4.79 Å². The molecule has 1 aromatic heterocycles. The number of carbonyl (C=O) groups is 1. The van der Waals surface area contributed by atoms with Crippen LogP contribution in [0.15, 0.2) is 24.3 Å². The minimum atomic E-state index is -0.187. The van der Waals surface area contributed by atoms with Gasteiger partial charge in [0.2, 0.25) is 0 Å². The molecule has 3 rings (SSSR count). The number of carbonyl (C=O) groups excluding carboxylic acids is 1. The highest BCUT2D eigenvalue weighted by atomic mass is 16.5. The van der Waals surface area contributed by atoms with E-state index in [1.165, 1.54) is 0 Å². The quantitative estimate of drug-likeness (QED) is 0.609. The van der Waals surface area contributed by atoms with E-state index in [1.54, 1.807) is 0 Å². The topological polar surface area (TPSA) is 31.2 Å². The summed E-state index contributed by atoms with van der Waals surface area (Å²) in [7, 11) is 2.00. The first-order valence-electron chi connectivity index (χ1n) is 5.02. The molecule has 1 aromatic carbocycles. The van der Waals surface area contributed by atoms with Crippen molar-refractivity contribution in [1.29, 1.82) is 0 Å². The van der Waals surface area contributed by atoms with E-state index in [1.807, 2.05) is 31.3 Å². The van der Waals surface area contributed by atoms with Crippen LogP contribution in [0.1, 0.15) is 16.1 Å². The Kier molecular flexibility index (Phi) is 1.63. The van der Waals surface area contributed by atoms with Crippen LogP contribution in [0.3, 0.4) is 0 Å². The van der Waals surface area contributed by atoms with E-state index >= 15 is 0 Å². The van der Waals surface area contributed by atoms with Gasteiger partial charge in [0.15, 0.2) is 0 Å². The minimum Gasteiger partial charge on any atom is -0.462 e. The second-order valence-electron chi connectivity index (χ2n) is 3.78. The largest absolute Gasteiger partial charge is 0.462 e. The summed E-state index contributed by atoms with van der Waals surface area (Å²) in [5.74, 6) is -0.187. The van der Waals surface area contributed by atoms with Crippen molar-refractivity contribution in [3.8, 4) is 0 Å². The number of hydrogen-bond acceptors (Lipinski definition) is 2. The van der Waals surface area contributed by atoms with Crippen LogP contribution in [0.2, 0.25) is 0 Å². The molecule has 0 atom stereocenters. The highest BCUT2D eigenvalue weighted by Gasteiger charge is 2.25. The van der Waals surface area contributed by atoms with Gasteiger partial charge in [0, 0.05) is 30.1 Å². The number of esters is 1. The third-order valence-electron chi connectivity index (χ3n) is 3.00. The lowest BCUT2D eigenvalue weighted by molar-refractivity contribution is 0.0480.